The number of allylic oxidation sites excluding steroid dienone is 1. The van der Waals surface area contributed by atoms with E-state index in [-0.39, 0.29) is 23.5 Å². The van der Waals surface area contributed by atoms with Crippen molar-refractivity contribution in [1.29, 1.82) is 0 Å². The minimum Gasteiger partial charge on any atom is -0.463 e. The van der Waals surface area contributed by atoms with Crippen LogP contribution in [0.3, 0.4) is 0 Å². The topological polar surface area (TPSA) is 87.7 Å². The summed E-state index contributed by atoms with van der Waals surface area (Å²) in [6.07, 6.45) is 1.79. The lowest BCUT2D eigenvalue weighted by Gasteiger charge is -2.24. The molecule has 0 bridgehead atoms. The first kappa shape index (κ1) is 27.2. The first-order valence-electron chi connectivity index (χ1n) is 12.6. The van der Waals surface area contributed by atoms with Crippen LogP contribution < -0.4 is 19.6 Å². The van der Waals surface area contributed by atoms with Crippen LogP contribution >= 0.6 is 11.3 Å². The maximum Gasteiger partial charge on any atom is 0.387 e. The summed E-state index contributed by atoms with van der Waals surface area (Å²) in [6.45, 7) is 4.35. The molecule has 0 spiro atoms. The Balaban J connectivity index is 1.67. The Morgan fingerprint density at radius 3 is 2.45 bits per heavy atom. The summed E-state index contributed by atoms with van der Waals surface area (Å²) in [4.78, 5) is 31.9. The van der Waals surface area contributed by atoms with Gasteiger partial charge in [0.05, 0.1) is 39.8 Å². The SMILES string of the molecule is CCOC(=O)C1=C(C)N=c2s/c(=C/c3c(C)nn(-c4ccccc4)c3C)c(=O)n2[C@@H]1c1ccc(OC(F)F)cc1. The van der Waals surface area contributed by atoms with Crippen LogP contribution in [0, 0.1) is 13.8 Å². The highest BCUT2D eigenvalue weighted by molar-refractivity contribution is 7.07. The van der Waals surface area contributed by atoms with E-state index >= 15 is 0 Å². The Morgan fingerprint density at radius 1 is 1.10 bits per heavy atom. The van der Waals surface area contributed by atoms with Gasteiger partial charge in [-0.3, -0.25) is 9.36 Å². The van der Waals surface area contributed by atoms with Crippen molar-refractivity contribution >= 4 is 23.4 Å². The van der Waals surface area contributed by atoms with Gasteiger partial charge in [0.25, 0.3) is 5.56 Å². The van der Waals surface area contributed by atoms with Gasteiger partial charge in [-0.15, -0.1) is 0 Å². The van der Waals surface area contributed by atoms with Gasteiger partial charge in [-0.05, 0) is 63.6 Å². The Morgan fingerprint density at radius 2 is 1.80 bits per heavy atom. The normalized spacial score (nSPS) is 15.3. The molecule has 3 heterocycles. The number of hydrogen-bond acceptors (Lipinski definition) is 7. The van der Waals surface area contributed by atoms with Crippen LogP contribution in [0.4, 0.5) is 8.78 Å². The predicted molar refractivity (Wildman–Crippen MR) is 147 cm³/mol. The largest absolute Gasteiger partial charge is 0.463 e. The molecular weight excluding hydrogens is 538 g/mol. The van der Waals surface area contributed by atoms with E-state index < -0.39 is 18.6 Å². The van der Waals surface area contributed by atoms with E-state index in [2.05, 4.69) is 14.8 Å². The lowest BCUT2D eigenvalue weighted by atomic mass is 9.96. The average molecular weight is 565 g/mol. The summed E-state index contributed by atoms with van der Waals surface area (Å²) in [6, 6.07) is 14.7. The number of aromatic nitrogens is 3. The van der Waals surface area contributed by atoms with Gasteiger partial charge in [0.2, 0.25) is 0 Å². The number of esters is 1. The van der Waals surface area contributed by atoms with E-state index in [9.17, 15) is 18.4 Å². The van der Waals surface area contributed by atoms with Crippen molar-refractivity contribution < 1.29 is 23.0 Å². The van der Waals surface area contributed by atoms with Crippen molar-refractivity contribution in [2.45, 2.75) is 40.3 Å². The van der Waals surface area contributed by atoms with Crippen molar-refractivity contribution in [2.24, 2.45) is 4.99 Å². The summed E-state index contributed by atoms with van der Waals surface area (Å²) >= 11 is 1.20. The van der Waals surface area contributed by atoms with Crippen molar-refractivity contribution in [2.75, 3.05) is 6.61 Å². The van der Waals surface area contributed by atoms with Gasteiger partial charge < -0.3 is 9.47 Å². The summed E-state index contributed by atoms with van der Waals surface area (Å²) in [5.41, 5.74) is 4.11. The maximum atomic E-state index is 13.9. The molecule has 11 heteroatoms. The highest BCUT2D eigenvalue weighted by Gasteiger charge is 2.33. The quantitative estimate of drug-likeness (QED) is 0.314. The monoisotopic (exact) mass is 564 g/mol. The van der Waals surface area contributed by atoms with Crippen LogP contribution in [0.2, 0.25) is 0 Å². The van der Waals surface area contributed by atoms with E-state index in [1.165, 1.54) is 28.0 Å². The number of alkyl halides is 2. The molecule has 8 nitrogen and oxygen atoms in total. The molecule has 0 N–H and O–H groups in total. The average Bonchev–Trinajstić information content (AvgIpc) is 3.39. The van der Waals surface area contributed by atoms with Crippen LogP contribution in [-0.4, -0.2) is 33.5 Å². The van der Waals surface area contributed by atoms with E-state index in [0.29, 0.717) is 20.6 Å². The van der Waals surface area contributed by atoms with Crippen LogP contribution in [0.15, 0.2) is 75.7 Å². The Labute approximate surface area is 232 Å². The summed E-state index contributed by atoms with van der Waals surface area (Å²) < 4.78 is 38.9. The Kier molecular flexibility index (Phi) is 7.49. The van der Waals surface area contributed by atoms with Gasteiger partial charge in [0.15, 0.2) is 4.80 Å². The third kappa shape index (κ3) is 5.00. The van der Waals surface area contributed by atoms with E-state index in [4.69, 9.17) is 4.74 Å². The van der Waals surface area contributed by atoms with Crippen molar-refractivity contribution in [3.05, 3.63) is 108 Å². The van der Waals surface area contributed by atoms with Gasteiger partial charge in [-0.2, -0.15) is 13.9 Å². The number of halogens is 2. The minimum atomic E-state index is -2.97. The fourth-order valence-electron chi connectivity index (χ4n) is 4.75. The van der Waals surface area contributed by atoms with Gasteiger partial charge in [-0.1, -0.05) is 41.7 Å². The minimum absolute atomic E-state index is 0.0362. The molecule has 40 heavy (non-hydrogen) atoms. The summed E-state index contributed by atoms with van der Waals surface area (Å²) in [7, 11) is 0. The number of fused-ring (bicyclic) bond motifs is 1. The fourth-order valence-corrected chi connectivity index (χ4v) is 5.78. The highest BCUT2D eigenvalue weighted by atomic mass is 32.1. The zero-order chi connectivity index (χ0) is 28.6. The van der Waals surface area contributed by atoms with E-state index in [1.54, 1.807) is 32.1 Å². The molecule has 2 aromatic heterocycles. The van der Waals surface area contributed by atoms with Crippen molar-refractivity contribution in [1.82, 2.24) is 14.3 Å². The van der Waals surface area contributed by atoms with Gasteiger partial charge in [-0.25, -0.2) is 14.5 Å². The maximum absolute atomic E-state index is 13.9. The molecule has 1 atom stereocenters. The lowest BCUT2D eigenvalue weighted by Crippen LogP contribution is -2.39. The molecule has 206 valence electrons. The van der Waals surface area contributed by atoms with Gasteiger partial charge >= 0.3 is 12.6 Å². The van der Waals surface area contributed by atoms with Gasteiger partial charge in [0, 0.05) is 11.3 Å². The predicted octanol–water partition coefficient (Wildman–Crippen LogP) is 4.20. The third-order valence-electron chi connectivity index (χ3n) is 6.56. The molecule has 5 rings (SSSR count). The fraction of sp³-hybridized carbons (Fsp3) is 0.241. The lowest BCUT2D eigenvalue weighted by molar-refractivity contribution is -0.139. The van der Waals surface area contributed by atoms with Crippen molar-refractivity contribution in [3.63, 3.8) is 0 Å². The molecule has 0 saturated heterocycles. The van der Waals surface area contributed by atoms with Gasteiger partial charge in [0.1, 0.15) is 5.75 Å². The number of rotatable bonds is 7. The second-order valence-electron chi connectivity index (χ2n) is 9.08. The summed E-state index contributed by atoms with van der Waals surface area (Å²) in [5, 5.41) is 4.67. The zero-order valence-electron chi connectivity index (χ0n) is 22.2. The number of benzene rings is 2. The number of carbonyl (C=O) groups is 1. The Bertz CT molecular complexity index is 1790. The number of para-hydroxylation sites is 1. The highest BCUT2D eigenvalue weighted by Crippen LogP contribution is 2.32. The molecule has 0 radical (unpaired) electrons. The molecule has 2 aromatic carbocycles. The molecule has 0 unspecified atom stereocenters. The first-order chi connectivity index (χ1) is 19.2. The molecule has 0 aliphatic carbocycles. The smallest absolute Gasteiger partial charge is 0.387 e. The number of carbonyl (C=O) groups excluding carboxylic acids is 1. The molecule has 4 aromatic rings. The Hall–Kier alpha value is -4.38. The zero-order valence-corrected chi connectivity index (χ0v) is 23.0. The molecule has 0 amide bonds. The van der Waals surface area contributed by atoms with Crippen LogP contribution in [-0.2, 0) is 9.53 Å². The molecule has 1 aliphatic heterocycles. The second kappa shape index (κ2) is 11.0. The first-order valence-corrected chi connectivity index (χ1v) is 13.4. The number of hydrogen-bond donors (Lipinski definition) is 0. The molecule has 1 aliphatic rings. The van der Waals surface area contributed by atoms with Crippen molar-refractivity contribution in [3.8, 4) is 11.4 Å². The number of aryl methyl sites for hydroxylation is 1. The molecule has 0 saturated carbocycles. The van der Waals surface area contributed by atoms with E-state index in [1.807, 2.05) is 48.9 Å². The van der Waals surface area contributed by atoms with Crippen LogP contribution in [0.1, 0.15) is 42.4 Å². The van der Waals surface area contributed by atoms with Crippen LogP contribution in [0.25, 0.3) is 11.8 Å². The number of thiazole rings is 1. The number of nitrogens with zero attached hydrogens (tertiary/aromatic N) is 4. The third-order valence-corrected chi connectivity index (χ3v) is 7.54. The van der Waals surface area contributed by atoms with Crippen LogP contribution in [0.5, 0.6) is 5.75 Å². The standard InChI is InChI=1S/C29H26F2N4O4S/c1-5-38-27(37)24-17(3)32-29-34(25(24)19-11-13-21(14-12-19)39-28(30)31)26(36)23(40-29)15-22-16(2)33-35(18(22)4)20-9-7-6-8-10-20/h6-15,25,28H,5H2,1-4H3/b23-15+/t25-/m1/s1. The summed E-state index contributed by atoms with van der Waals surface area (Å²) in [5.74, 6) is -0.641. The second-order valence-corrected chi connectivity index (χ2v) is 10.1. The number of ether oxygens (including phenoxy) is 2. The molecule has 0 fully saturated rings. The van der Waals surface area contributed by atoms with E-state index in [0.717, 1.165) is 22.6 Å². The molecular formula is C29H26F2N4O4S.